The fourth-order valence-electron chi connectivity index (χ4n) is 1.85. The van der Waals surface area contributed by atoms with Crippen LogP contribution in [0.25, 0.3) is 0 Å². The molecule has 0 aliphatic carbocycles. The van der Waals surface area contributed by atoms with Crippen LogP contribution in [0.2, 0.25) is 0 Å². The van der Waals surface area contributed by atoms with Crippen LogP contribution in [0.5, 0.6) is 0 Å². The van der Waals surface area contributed by atoms with Crippen LogP contribution in [-0.2, 0) is 4.79 Å². The summed E-state index contributed by atoms with van der Waals surface area (Å²) in [5, 5.41) is 0. The number of nitrogens with zero attached hydrogens (tertiary/aromatic N) is 1. The summed E-state index contributed by atoms with van der Waals surface area (Å²) in [7, 11) is 1.84. The largest absolute Gasteiger partial charge is 0.330 e. The molecular formula is C15H25ClN2O. The molecule has 0 saturated heterocycles. The van der Waals surface area contributed by atoms with Crippen molar-refractivity contribution in [2.45, 2.75) is 39.0 Å². The molecule has 108 valence electrons. The van der Waals surface area contributed by atoms with Crippen LogP contribution in [0, 0.1) is 6.92 Å². The van der Waals surface area contributed by atoms with Crippen LogP contribution in [0.3, 0.4) is 0 Å². The molecule has 0 bridgehead atoms. The second-order valence-electron chi connectivity index (χ2n) is 4.74. The van der Waals surface area contributed by atoms with Crippen molar-refractivity contribution in [1.82, 2.24) is 0 Å². The van der Waals surface area contributed by atoms with Crippen LogP contribution >= 0.6 is 12.4 Å². The summed E-state index contributed by atoms with van der Waals surface area (Å²) in [4.78, 5) is 13.7. The maximum Gasteiger partial charge on any atom is 0.226 e. The molecule has 2 N–H and O–H groups in total. The summed E-state index contributed by atoms with van der Waals surface area (Å²) in [6.45, 7) is 2.79. The Labute approximate surface area is 122 Å². The number of nitrogens with two attached hydrogens (primary N) is 1. The van der Waals surface area contributed by atoms with E-state index in [4.69, 9.17) is 5.73 Å². The molecule has 19 heavy (non-hydrogen) atoms. The van der Waals surface area contributed by atoms with Gasteiger partial charge < -0.3 is 10.6 Å². The Hall–Kier alpha value is -1.06. The number of aryl methyl sites for hydroxylation is 1. The molecule has 1 aromatic carbocycles. The van der Waals surface area contributed by atoms with Crippen molar-refractivity contribution >= 4 is 24.0 Å². The first-order chi connectivity index (χ1) is 8.65. The molecule has 0 saturated carbocycles. The lowest BCUT2D eigenvalue weighted by molar-refractivity contribution is -0.118. The molecular weight excluding hydrogens is 260 g/mol. The normalized spacial score (nSPS) is 9.84. The predicted molar refractivity (Wildman–Crippen MR) is 84.0 cm³/mol. The Morgan fingerprint density at radius 3 is 2.26 bits per heavy atom. The van der Waals surface area contributed by atoms with E-state index in [0.29, 0.717) is 6.42 Å². The number of carbonyl (C=O) groups is 1. The summed E-state index contributed by atoms with van der Waals surface area (Å²) >= 11 is 0. The number of hydrogen-bond donors (Lipinski definition) is 1. The van der Waals surface area contributed by atoms with Gasteiger partial charge >= 0.3 is 0 Å². The molecule has 0 aliphatic heterocycles. The number of halogens is 1. The van der Waals surface area contributed by atoms with Crippen LogP contribution in [0.15, 0.2) is 24.3 Å². The van der Waals surface area contributed by atoms with E-state index in [0.717, 1.165) is 37.9 Å². The monoisotopic (exact) mass is 284 g/mol. The maximum atomic E-state index is 12.0. The molecule has 0 spiro atoms. The highest BCUT2D eigenvalue weighted by molar-refractivity contribution is 5.92. The Bertz CT molecular complexity index is 365. The highest BCUT2D eigenvalue weighted by Crippen LogP contribution is 2.15. The van der Waals surface area contributed by atoms with Gasteiger partial charge in [0.25, 0.3) is 0 Å². The fourth-order valence-corrected chi connectivity index (χ4v) is 1.85. The van der Waals surface area contributed by atoms with Gasteiger partial charge in [-0.1, -0.05) is 30.5 Å². The van der Waals surface area contributed by atoms with Crippen molar-refractivity contribution in [1.29, 1.82) is 0 Å². The Kier molecular flexibility index (Phi) is 9.27. The fraction of sp³-hybridized carbons (Fsp3) is 0.533. The van der Waals surface area contributed by atoms with Gasteiger partial charge in [0.1, 0.15) is 0 Å². The van der Waals surface area contributed by atoms with Gasteiger partial charge in [-0.15, -0.1) is 12.4 Å². The van der Waals surface area contributed by atoms with E-state index in [1.54, 1.807) is 4.90 Å². The van der Waals surface area contributed by atoms with Gasteiger partial charge in [-0.2, -0.15) is 0 Å². The van der Waals surface area contributed by atoms with E-state index in [1.165, 1.54) is 5.56 Å². The van der Waals surface area contributed by atoms with Crippen LogP contribution < -0.4 is 10.6 Å². The summed E-state index contributed by atoms with van der Waals surface area (Å²) in [6.07, 6.45) is 4.84. The first-order valence-electron chi connectivity index (χ1n) is 6.68. The van der Waals surface area contributed by atoms with Crippen molar-refractivity contribution in [2.75, 3.05) is 18.5 Å². The Morgan fingerprint density at radius 1 is 1.11 bits per heavy atom. The average molecular weight is 285 g/mol. The van der Waals surface area contributed by atoms with Gasteiger partial charge in [0.15, 0.2) is 0 Å². The standard InChI is InChI=1S/C15H24N2O.ClH/c1-13-8-10-14(11-9-13)17(2)15(18)7-5-3-4-6-12-16;/h8-11H,3-7,12,16H2,1-2H3;1H. The summed E-state index contributed by atoms with van der Waals surface area (Å²) in [5.41, 5.74) is 7.61. The van der Waals surface area contributed by atoms with Crippen LogP contribution in [0.1, 0.15) is 37.7 Å². The van der Waals surface area contributed by atoms with Crippen molar-refractivity contribution in [3.63, 3.8) is 0 Å². The first kappa shape index (κ1) is 17.9. The van der Waals surface area contributed by atoms with E-state index in [-0.39, 0.29) is 18.3 Å². The molecule has 0 heterocycles. The lowest BCUT2D eigenvalue weighted by atomic mass is 10.1. The number of benzene rings is 1. The van der Waals surface area contributed by atoms with E-state index in [1.807, 2.05) is 38.2 Å². The third kappa shape index (κ3) is 6.60. The minimum Gasteiger partial charge on any atom is -0.330 e. The molecule has 1 rings (SSSR count). The lowest BCUT2D eigenvalue weighted by Crippen LogP contribution is -2.25. The Balaban J connectivity index is 0.00000324. The number of rotatable bonds is 7. The molecule has 3 nitrogen and oxygen atoms in total. The van der Waals surface area contributed by atoms with Gasteiger partial charge in [-0.05, 0) is 38.4 Å². The third-order valence-corrected chi connectivity index (χ3v) is 3.14. The predicted octanol–water partition coefficient (Wildman–Crippen LogP) is 3.29. The molecule has 0 fully saturated rings. The van der Waals surface area contributed by atoms with Gasteiger partial charge in [0, 0.05) is 19.2 Å². The number of amides is 1. The summed E-state index contributed by atoms with van der Waals surface area (Å²) < 4.78 is 0. The number of anilines is 1. The van der Waals surface area contributed by atoms with Gasteiger partial charge in [0.2, 0.25) is 5.91 Å². The van der Waals surface area contributed by atoms with Gasteiger partial charge in [-0.25, -0.2) is 0 Å². The lowest BCUT2D eigenvalue weighted by Gasteiger charge is -2.17. The smallest absolute Gasteiger partial charge is 0.226 e. The maximum absolute atomic E-state index is 12.0. The third-order valence-electron chi connectivity index (χ3n) is 3.14. The number of unbranched alkanes of at least 4 members (excludes halogenated alkanes) is 3. The topological polar surface area (TPSA) is 46.3 Å². The molecule has 0 aromatic heterocycles. The van der Waals surface area contributed by atoms with Crippen molar-refractivity contribution < 1.29 is 4.79 Å². The molecule has 0 radical (unpaired) electrons. The van der Waals surface area contributed by atoms with Gasteiger partial charge in [0.05, 0.1) is 0 Å². The molecule has 0 unspecified atom stereocenters. The second kappa shape index (κ2) is 9.82. The number of carbonyl (C=O) groups excluding carboxylic acids is 1. The number of hydrogen-bond acceptors (Lipinski definition) is 2. The van der Waals surface area contributed by atoms with E-state index in [9.17, 15) is 4.79 Å². The average Bonchev–Trinajstić information content (AvgIpc) is 2.38. The summed E-state index contributed by atoms with van der Waals surface area (Å²) in [5.74, 6) is 0.187. The Morgan fingerprint density at radius 2 is 1.68 bits per heavy atom. The van der Waals surface area contributed by atoms with Crippen molar-refractivity contribution in [2.24, 2.45) is 5.73 Å². The zero-order valence-electron chi connectivity index (χ0n) is 11.9. The van der Waals surface area contributed by atoms with Crippen LogP contribution in [0.4, 0.5) is 5.69 Å². The molecule has 1 amide bonds. The minimum absolute atomic E-state index is 0. The molecule has 0 atom stereocenters. The van der Waals surface area contributed by atoms with Gasteiger partial charge in [-0.3, -0.25) is 4.79 Å². The van der Waals surface area contributed by atoms with E-state index < -0.39 is 0 Å². The zero-order valence-corrected chi connectivity index (χ0v) is 12.7. The highest BCUT2D eigenvalue weighted by Gasteiger charge is 2.09. The van der Waals surface area contributed by atoms with E-state index in [2.05, 4.69) is 0 Å². The SMILES string of the molecule is Cc1ccc(N(C)C(=O)CCCCCCN)cc1.Cl. The quantitative estimate of drug-likeness (QED) is 0.781. The second-order valence-corrected chi connectivity index (χ2v) is 4.74. The highest BCUT2D eigenvalue weighted by atomic mass is 35.5. The van der Waals surface area contributed by atoms with Crippen molar-refractivity contribution in [3.05, 3.63) is 29.8 Å². The van der Waals surface area contributed by atoms with E-state index >= 15 is 0 Å². The minimum atomic E-state index is 0. The molecule has 1 aromatic rings. The first-order valence-corrected chi connectivity index (χ1v) is 6.68. The van der Waals surface area contributed by atoms with Crippen LogP contribution in [-0.4, -0.2) is 19.5 Å². The summed E-state index contributed by atoms with van der Waals surface area (Å²) in [6, 6.07) is 8.03. The van der Waals surface area contributed by atoms with Crippen molar-refractivity contribution in [3.8, 4) is 0 Å². The zero-order chi connectivity index (χ0) is 13.4. The molecule has 4 heteroatoms. The molecule has 0 aliphatic rings.